The van der Waals surface area contributed by atoms with Crippen molar-refractivity contribution in [2.45, 2.75) is 13.3 Å². The van der Waals surface area contributed by atoms with Crippen molar-refractivity contribution in [3.8, 4) is 11.8 Å². The molecule has 0 unspecified atom stereocenters. The maximum Gasteiger partial charge on any atom is 0.320 e. The third-order valence-corrected chi connectivity index (χ3v) is 1.93. The Labute approximate surface area is 104 Å². The number of hydrogen-bond donors (Lipinski definition) is 3. The number of urea groups is 1. The summed E-state index contributed by atoms with van der Waals surface area (Å²) < 4.78 is 0. The van der Waals surface area contributed by atoms with Gasteiger partial charge in [-0.15, -0.1) is 5.92 Å². The van der Waals surface area contributed by atoms with Crippen molar-refractivity contribution in [2.75, 3.05) is 11.9 Å². The minimum atomic E-state index is -0.945. The normalized spacial score (nSPS) is 8.94. The second-order valence-electron chi connectivity index (χ2n) is 3.34. The minimum Gasteiger partial charge on any atom is -0.481 e. The van der Waals surface area contributed by atoms with E-state index in [9.17, 15) is 9.59 Å². The first kappa shape index (κ1) is 13.5. The summed E-state index contributed by atoms with van der Waals surface area (Å²) in [6, 6.07) is 2.76. The molecule has 0 radical (unpaired) electrons. The molecule has 0 saturated heterocycles. The van der Waals surface area contributed by atoms with Crippen LogP contribution in [0, 0.1) is 11.8 Å². The molecule has 0 aliphatic heterocycles. The number of anilines is 1. The number of rotatable bonds is 4. The van der Waals surface area contributed by atoms with E-state index in [0.717, 1.165) is 0 Å². The van der Waals surface area contributed by atoms with Crippen molar-refractivity contribution < 1.29 is 14.7 Å². The summed E-state index contributed by atoms with van der Waals surface area (Å²) in [5, 5.41) is 13.7. The summed E-state index contributed by atoms with van der Waals surface area (Å²) in [7, 11) is 0. The van der Waals surface area contributed by atoms with Crippen molar-refractivity contribution in [1.29, 1.82) is 0 Å². The molecule has 94 valence electrons. The van der Waals surface area contributed by atoms with Crippen molar-refractivity contribution in [2.24, 2.45) is 0 Å². The zero-order chi connectivity index (χ0) is 13.4. The summed E-state index contributed by atoms with van der Waals surface area (Å²) in [6.45, 7) is 1.96. The molecule has 3 N–H and O–H groups in total. The van der Waals surface area contributed by atoms with Crippen LogP contribution in [0.2, 0.25) is 0 Å². The molecule has 0 spiro atoms. The number of amides is 2. The largest absolute Gasteiger partial charge is 0.481 e. The van der Waals surface area contributed by atoms with E-state index in [4.69, 9.17) is 5.11 Å². The molecular formula is C12H13N3O3. The van der Waals surface area contributed by atoms with Crippen LogP contribution in [0.25, 0.3) is 0 Å². The lowest BCUT2D eigenvalue weighted by molar-refractivity contribution is -0.136. The van der Waals surface area contributed by atoms with E-state index in [1.807, 2.05) is 0 Å². The molecule has 18 heavy (non-hydrogen) atoms. The van der Waals surface area contributed by atoms with Crippen molar-refractivity contribution in [3.63, 3.8) is 0 Å². The monoisotopic (exact) mass is 247 g/mol. The lowest BCUT2D eigenvalue weighted by atomic mass is 10.2. The molecule has 0 aliphatic carbocycles. The molecular weight excluding hydrogens is 234 g/mol. The Hall–Kier alpha value is -2.55. The number of carbonyl (C=O) groups excluding carboxylic acids is 1. The van der Waals surface area contributed by atoms with Crippen LogP contribution in [-0.4, -0.2) is 28.6 Å². The van der Waals surface area contributed by atoms with E-state index in [1.54, 1.807) is 19.1 Å². The van der Waals surface area contributed by atoms with Gasteiger partial charge in [-0.25, -0.2) is 4.79 Å². The Balaban J connectivity index is 2.49. The fraction of sp³-hybridized carbons (Fsp3) is 0.250. The first-order valence-corrected chi connectivity index (χ1v) is 5.23. The Morgan fingerprint density at radius 3 is 2.78 bits per heavy atom. The third-order valence-electron chi connectivity index (χ3n) is 1.93. The Kier molecular flexibility index (Phi) is 5.19. The van der Waals surface area contributed by atoms with Gasteiger partial charge in [0.1, 0.15) is 0 Å². The number of hydrogen-bond acceptors (Lipinski definition) is 3. The van der Waals surface area contributed by atoms with E-state index >= 15 is 0 Å². The van der Waals surface area contributed by atoms with Crippen molar-refractivity contribution in [1.82, 2.24) is 10.3 Å². The van der Waals surface area contributed by atoms with Crippen LogP contribution in [0.4, 0.5) is 10.5 Å². The predicted octanol–water partition coefficient (Wildman–Crippen LogP) is 0.854. The molecule has 6 nitrogen and oxygen atoms in total. The first-order valence-electron chi connectivity index (χ1n) is 5.23. The van der Waals surface area contributed by atoms with Gasteiger partial charge < -0.3 is 15.7 Å². The topological polar surface area (TPSA) is 91.3 Å². The summed E-state index contributed by atoms with van der Waals surface area (Å²) in [5.74, 6) is 4.40. The van der Waals surface area contributed by atoms with Gasteiger partial charge in [-0.1, -0.05) is 5.92 Å². The van der Waals surface area contributed by atoms with Crippen LogP contribution < -0.4 is 10.6 Å². The van der Waals surface area contributed by atoms with Gasteiger partial charge in [-0.2, -0.15) is 0 Å². The molecule has 0 bridgehead atoms. The van der Waals surface area contributed by atoms with E-state index < -0.39 is 5.97 Å². The third kappa shape index (κ3) is 4.99. The lowest BCUT2D eigenvalue weighted by Crippen LogP contribution is -2.28. The van der Waals surface area contributed by atoms with Gasteiger partial charge in [0.15, 0.2) is 0 Å². The molecule has 0 aliphatic rings. The fourth-order valence-electron chi connectivity index (χ4n) is 1.15. The number of aromatic nitrogens is 1. The molecule has 1 aromatic rings. The van der Waals surface area contributed by atoms with Crippen LogP contribution in [0.3, 0.4) is 0 Å². The molecule has 6 heteroatoms. The van der Waals surface area contributed by atoms with E-state index in [2.05, 4.69) is 27.5 Å². The molecule has 0 saturated carbocycles. The van der Waals surface area contributed by atoms with Crippen LogP contribution in [0.15, 0.2) is 18.3 Å². The zero-order valence-electron chi connectivity index (χ0n) is 9.86. The second-order valence-corrected chi connectivity index (χ2v) is 3.34. The molecule has 1 rings (SSSR count). The van der Waals surface area contributed by atoms with Gasteiger partial charge in [-0.05, 0) is 19.1 Å². The van der Waals surface area contributed by atoms with E-state index in [0.29, 0.717) is 11.4 Å². The average Bonchev–Trinajstić information content (AvgIpc) is 2.31. The van der Waals surface area contributed by atoms with Gasteiger partial charge in [-0.3, -0.25) is 9.78 Å². The predicted molar refractivity (Wildman–Crippen MR) is 66.0 cm³/mol. The Morgan fingerprint density at radius 2 is 2.22 bits per heavy atom. The van der Waals surface area contributed by atoms with Gasteiger partial charge in [0.2, 0.25) is 0 Å². The van der Waals surface area contributed by atoms with Crippen LogP contribution in [0.5, 0.6) is 0 Å². The van der Waals surface area contributed by atoms with Crippen LogP contribution in [0.1, 0.15) is 12.6 Å². The van der Waals surface area contributed by atoms with Crippen LogP contribution in [-0.2, 0) is 11.2 Å². The van der Waals surface area contributed by atoms with E-state index in [1.165, 1.54) is 6.20 Å². The lowest BCUT2D eigenvalue weighted by Gasteiger charge is -2.05. The molecule has 1 heterocycles. The number of nitrogens with zero attached hydrogens (tertiary/aromatic N) is 1. The molecule has 0 atom stereocenters. The molecule has 0 aromatic carbocycles. The quantitative estimate of drug-likeness (QED) is 0.688. The van der Waals surface area contributed by atoms with Gasteiger partial charge in [0.25, 0.3) is 0 Å². The highest BCUT2D eigenvalue weighted by atomic mass is 16.4. The summed E-state index contributed by atoms with van der Waals surface area (Å²) in [5.41, 5.74) is 0.927. The van der Waals surface area contributed by atoms with E-state index in [-0.39, 0.29) is 19.0 Å². The molecule has 0 fully saturated rings. The summed E-state index contributed by atoms with van der Waals surface area (Å²) in [6.07, 6.45) is 1.27. The number of nitrogens with one attached hydrogen (secondary N) is 2. The second kappa shape index (κ2) is 6.91. The standard InChI is InChI=1S/C12H13N3O3/c1-2-3-6-13-12(18)15-10-5-4-9(14-8-10)7-11(16)17/h4-5,8H,6-7H2,1H3,(H,16,17)(H2,13,15,18). The average molecular weight is 247 g/mol. The van der Waals surface area contributed by atoms with Crippen LogP contribution >= 0.6 is 0 Å². The van der Waals surface area contributed by atoms with Crippen molar-refractivity contribution >= 4 is 17.7 Å². The minimum absolute atomic E-state index is 0.140. The number of pyridine rings is 1. The smallest absolute Gasteiger partial charge is 0.320 e. The Morgan fingerprint density at radius 1 is 1.44 bits per heavy atom. The maximum absolute atomic E-state index is 11.3. The number of carboxylic acid groups (broad SMARTS) is 1. The first-order chi connectivity index (χ1) is 8.61. The van der Waals surface area contributed by atoms with Gasteiger partial charge in [0.05, 0.1) is 30.5 Å². The van der Waals surface area contributed by atoms with Gasteiger partial charge >= 0.3 is 12.0 Å². The maximum atomic E-state index is 11.3. The highest BCUT2D eigenvalue weighted by Crippen LogP contribution is 2.06. The highest BCUT2D eigenvalue weighted by molar-refractivity contribution is 5.89. The Bertz CT molecular complexity index is 486. The zero-order valence-corrected chi connectivity index (χ0v) is 9.86. The summed E-state index contributed by atoms with van der Waals surface area (Å²) in [4.78, 5) is 25.7. The van der Waals surface area contributed by atoms with Gasteiger partial charge in [0, 0.05) is 0 Å². The van der Waals surface area contributed by atoms with Crippen molar-refractivity contribution in [3.05, 3.63) is 24.0 Å². The molecule has 2 amide bonds. The highest BCUT2D eigenvalue weighted by Gasteiger charge is 2.03. The number of carboxylic acids is 1. The SMILES string of the molecule is CC#CCNC(=O)Nc1ccc(CC(=O)O)nc1. The molecule has 1 aromatic heterocycles. The summed E-state index contributed by atoms with van der Waals surface area (Å²) >= 11 is 0. The fourth-order valence-corrected chi connectivity index (χ4v) is 1.15. The number of carbonyl (C=O) groups is 2. The number of aliphatic carboxylic acids is 1.